The van der Waals surface area contributed by atoms with Crippen LogP contribution < -0.4 is 10.6 Å². The van der Waals surface area contributed by atoms with E-state index < -0.39 is 0 Å². The maximum atomic E-state index is 11.5. The predicted molar refractivity (Wildman–Crippen MR) is 87.0 cm³/mol. The summed E-state index contributed by atoms with van der Waals surface area (Å²) < 4.78 is 5.92. The van der Waals surface area contributed by atoms with Gasteiger partial charge in [0.05, 0.1) is 5.56 Å². The molecule has 1 aromatic carbocycles. The van der Waals surface area contributed by atoms with Gasteiger partial charge in [0.2, 0.25) is 11.8 Å². The number of benzene rings is 1. The minimum atomic E-state index is -0.0797. The lowest BCUT2D eigenvalue weighted by atomic mass is 10.0. The summed E-state index contributed by atoms with van der Waals surface area (Å²) in [7, 11) is 0. The molecule has 4 rings (SSSR count). The first kappa shape index (κ1) is 13.5. The molecule has 6 heteroatoms. The van der Waals surface area contributed by atoms with Crippen molar-refractivity contribution < 1.29 is 9.21 Å². The van der Waals surface area contributed by atoms with E-state index in [1.807, 2.05) is 24.3 Å². The monoisotopic (exact) mass is 313 g/mol. The first-order chi connectivity index (χ1) is 10.7. The molecule has 0 saturated carbocycles. The highest BCUT2D eigenvalue weighted by molar-refractivity contribution is 7.17. The standard InChI is InChI=1S/C16H15N3O2S/c1-9(20)18-16-14(10-6-7-17-8-13(10)22-16)15-19-11-4-2-3-5-12(11)21-15/h2-5,17H,6-8H2,1H3,(H,18,20). The summed E-state index contributed by atoms with van der Waals surface area (Å²) in [4.78, 5) is 17.4. The summed E-state index contributed by atoms with van der Waals surface area (Å²) in [6.07, 6.45) is 0.916. The highest BCUT2D eigenvalue weighted by Crippen LogP contribution is 2.42. The van der Waals surface area contributed by atoms with Crippen molar-refractivity contribution in [2.24, 2.45) is 0 Å². The molecule has 3 aromatic rings. The van der Waals surface area contributed by atoms with Crippen molar-refractivity contribution in [3.05, 3.63) is 34.7 Å². The molecular weight excluding hydrogens is 298 g/mol. The molecule has 0 fully saturated rings. The average molecular weight is 313 g/mol. The van der Waals surface area contributed by atoms with Crippen molar-refractivity contribution in [3.63, 3.8) is 0 Å². The molecule has 0 unspecified atom stereocenters. The molecule has 0 spiro atoms. The number of thiophene rings is 1. The van der Waals surface area contributed by atoms with Crippen molar-refractivity contribution >= 4 is 33.3 Å². The number of aromatic nitrogens is 1. The maximum absolute atomic E-state index is 11.5. The number of oxazole rings is 1. The number of carbonyl (C=O) groups excluding carboxylic acids is 1. The van der Waals surface area contributed by atoms with Crippen LogP contribution in [-0.2, 0) is 17.8 Å². The van der Waals surface area contributed by atoms with Crippen LogP contribution in [0.4, 0.5) is 5.00 Å². The van der Waals surface area contributed by atoms with Crippen LogP contribution in [0.3, 0.4) is 0 Å². The van der Waals surface area contributed by atoms with Gasteiger partial charge in [0.1, 0.15) is 10.5 Å². The Kier molecular flexibility index (Phi) is 3.20. The Balaban J connectivity index is 1.91. The lowest BCUT2D eigenvalue weighted by Crippen LogP contribution is -2.22. The van der Waals surface area contributed by atoms with E-state index in [-0.39, 0.29) is 5.91 Å². The van der Waals surface area contributed by atoms with Crippen molar-refractivity contribution in [3.8, 4) is 11.5 Å². The van der Waals surface area contributed by atoms with E-state index in [0.717, 1.165) is 41.2 Å². The van der Waals surface area contributed by atoms with E-state index in [0.29, 0.717) is 5.89 Å². The number of amides is 1. The summed E-state index contributed by atoms with van der Waals surface area (Å²) in [5.74, 6) is 0.508. The zero-order valence-corrected chi connectivity index (χ0v) is 12.9. The second-order valence-electron chi connectivity index (χ2n) is 5.30. The molecule has 3 heterocycles. The summed E-state index contributed by atoms with van der Waals surface area (Å²) in [5.41, 5.74) is 3.77. The fourth-order valence-corrected chi connectivity index (χ4v) is 4.04. The SMILES string of the molecule is CC(=O)Nc1sc2c(c1-c1nc3ccccc3o1)CCNC2. The van der Waals surface area contributed by atoms with Gasteiger partial charge >= 0.3 is 0 Å². The van der Waals surface area contributed by atoms with Gasteiger partial charge in [-0.25, -0.2) is 4.98 Å². The normalized spacial score (nSPS) is 14.0. The number of carbonyl (C=O) groups is 1. The van der Waals surface area contributed by atoms with Gasteiger partial charge in [-0.15, -0.1) is 11.3 Å². The van der Waals surface area contributed by atoms with E-state index in [1.165, 1.54) is 17.4 Å². The molecule has 2 aromatic heterocycles. The highest BCUT2D eigenvalue weighted by atomic mass is 32.1. The zero-order chi connectivity index (χ0) is 15.1. The third kappa shape index (κ3) is 2.20. The van der Waals surface area contributed by atoms with Crippen LogP contribution in [0.25, 0.3) is 22.6 Å². The fraction of sp³-hybridized carbons (Fsp3) is 0.250. The highest BCUT2D eigenvalue weighted by Gasteiger charge is 2.25. The van der Waals surface area contributed by atoms with Gasteiger partial charge in [0, 0.05) is 18.3 Å². The van der Waals surface area contributed by atoms with Crippen molar-refractivity contribution in [2.75, 3.05) is 11.9 Å². The molecule has 0 aliphatic carbocycles. The van der Waals surface area contributed by atoms with Crippen molar-refractivity contribution in [1.29, 1.82) is 0 Å². The molecular formula is C16H15N3O2S. The summed E-state index contributed by atoms with van der Waals surface area (Å²) in [6, 6.07) is 7.71. The van der Waals surface area contributed by atoms with Crippen LogP contribution in [0.1, 0.15) is 17.4 Å². The Morgan fingerprint density at radius 1 is 1.41 bits per heavy atom. The smallest absolute Gasteiger partial charge is 0.230 e. The zero-order valence-electron chi connectivity index (χ0n) is 12.1. The minimum absolute atomic E-state index is 0.0797. The van der Waals surface area contributed by atoms with Crippen molar-refractivity contribution in [2.45, 2.75) is 19.9 Å². The van der Waals surface area contributed by atoms with Crippen LogP contribution in [-0.4, -0.2) is 17.4 Å². The van der Waals surface area contributed by atoms with Gasteiger partial charge in [-0.1, -0.05) is 12.1 Å². The lowest BCUT2D eigenvalue weighted by Gasteiger charge is -2.13. The number of anilines is 1. The second-order valence-corrected chi connectivity index (χ2v) is 6.41. The van der Waals surface area contributed by atoms with Crippen molar-refractivity contribution in [1.82, 2.24) is 10.3 Å². The number of fused-ring (bicyclic) bond motifs is 2. The Hall–Kier alpha value is -2.18. The van der Waals surface area contributed by atoms with Crippen LogP contribution in [0.15, 0.2) is 28.7 Å². The van der Waals surface area contributed by atoms with Crippen LogP contribution in [0.5, 0.6) is 0 Å². The van der Waals surface area contributed by atoms with Gasteiger partial charge in [-0.2, -0.15) is 0 Å². The molecule has 112 valence electrons. The van der Waals surface area contributed by atoms with Gasteiger partial charge in [-0.05, 0) is 30.7 Å². The lowest BCUT2D eigenvalue weighted by molar-refractivity contribution is -0.114. The number of para-hydroxylation sites is 2. The number of rotatable bonds is 2. The molecule has 5 nitrogen and oxygen atoms in total. The van der Waals surface area contributed by atoms with Gasteiger partial charge in [0.25, 0.3) is 0 Å². The maximum Gasteiger partial charge on any atom is 0.230 e. The van der Waals surface area contributed by atoms with Crippen LogP contribution >= 0.6 is 11.3 Å². The molecule has 1 aliphatic rings. The molecule has 0 radical (unpaired) electrons. The molecule has 2 N–H and O–H groups in total. The molecule has 0 saturated heterocycles. The number of hydrogen-bond donors (Lipinski definition) is 2. The number of hydrogen-bond acceptors (Lipinski definition) is 5. The van der Waals surface area contributed by atoms with E-state index >= 15 is 0 Å². The average Bonchev–Trinajstić information content (AvgIpc) is 3.06. The van der Waals surface area contributed by atoms with Gasteiger partial charge < -0.3 is 15.1 Å². The third-order valence-corrected chi connectivity index (χ3v) is 4.87. The molecule has 0 bridgehead atoms. The molecule has 1 amide bonds. The van der Waals surface area contributed by atoms with Crippen LogP contribution in [0.2, 0.25) is 0 Å². The Labute approximate surface area is 131 Å². The number of nitrogens with one attached hydrogen (secondary N) is 2. The Bertz CT molecular complexity index is 833. The largest absolute Gasteiger partial charge is 0.436 e. The van der Waals surface area contributed by atoms with Gasteiger partial charge in [-0.3, -0.25) is 4.79 Å². The predicted octanol–water partition coefficient (Wildman–Crippen LogP) is 3.16. The van der Waals surface area contributed by atoms with E-state index in [2.05, 4.69) is 15.6 Å². The fourth-order valence-electron chi connectivity index (χ4n) is 2.79. The second kappa shape index (κ2) is 5.23. The van der Waals surface area contributed by atoms with E-state index in [9.17, 15) is 4.79 Å². The Morgan fingerprint density at radius 3 is 3.09 bits per heavy atom. The Morgan fingerprint density at radius 2 is 2.27 bits per heavy atom. The number of nitrogens with zero attached hydrogens (tertiary/aromatic N) is 1. The quantitative estimate of drug-likeness (QED) is 0.762. The summed E-state index contributed by atoms with van der Waals surface area (Å²) >= 11 is 1.60. The van der Waals surface area contributed by atoms with E-state index in [4.69, 9.17) is 4.42 Å². The van der Waals surface area contributed by atoms with Crippen LogP contribution in [0, 0.1) is 0 Å². The molecule has 0 atom stereocenters. The molecule has 22 heavy (non-hydrogen) atoms. The first-order valence-corrected chi connectivity index (χ1v) is 8.03. The minimum Gasteiger partial charge on any atom is -0.436 e. The molecule has 1 aliphatic heterocycles. The van der Waals surface area contributed by atoms with Gasteiger partial charge in [0.15, 0.2) is 5.58 Å². The summed E-state index contributed by atoms with van der Waals surface area (Å²) in [6.45, 7) is 3.27. The first-order valence-electron chi connectivity index (χ1n) is 7.21. The van der Waals surface area contributed by atoms with E-state index in [1.54, 1.807) is 11.3 Å². The third-order valence-electron chi connectivity index (χ3n) is 3.73. The topological polar surface area (TPSA) is 67.2 Å². The summed E-state index contributed by atoms with van der Waals surface area (Å²) in [5, 5.41) is 7.11.